The molecule has 5 heteroatoms. The zero-order valence-electron chi connectivity index (χ0n) is 9.49. The Morgan fingerprint density at radius 1 is 1.25 bits per heavy atom. The molecule has 2 aromatic rings. The lowest BCUT2D eigenvalue weighted by atomic mass is 10.1. The number of rotatable bonds is 1. The standard InChI is InChI=1S/C11H14ClN3O/c1-6(13)7-4-9-10(5-8(7)12)15(3)11(16)14(9)2/h4-6H,13H2,1-3H3. The summed E-state index contributed by atoms with van der Waals surface area (Å²) in [5.74, 6) is 0. The summed E-state index contributed by atoms with van der Waals surface area (Å²) in [5, 5.41) is 0.601. The number of nitrogens with zero attached hydrogens (tertiary/aromatic N) is 2. The highest BCUT2D eigenvalue weighted by atomic mass is 35.5. The number of nitrogens with two attached hydrogens (primary N) is 1. The van der Waals surface area contributed by atoms with Crippen LogP contribution in [0.2, 0.25) is 5.02 Å². The number of halogens is 1. The number of hydrogen-bond donors (Lipinski definition) is 1. The van der Waals surface area contributed by atoms with Gasteiger partial charge in [-0.25, -0.2) is 4.79 Å². The Morgan fingerprint density at radius 2 is 1.75 bits per heavy atom. The first-order chi connectivity index (χ1) is 7.43. The molecule has 2 rings (SSSR count). The maximum atomic E-state index is 11.7. The Morgan fingerprint density at radius 3 is 2.25 bits per heavy atom. The minimum Gasteiger partial charge on any atom is -0.324 e. The van der Waals surface area contributed by atoms with Gasteiger partial charge in [0.2, 0.25) is 0 Å². The van der Waals surface area contributed by atoms with Crippen molar-refractivity contribution in [2.24, 2.45) is 19.8 Å². The predicted octanol–water partition coefficient (Wildman–Crippen LogP) is 1.55. The van der Waals surface area contributed by atoms with E-state index in [2.05, 4.69) is 0 Å². The van der Waals surface area contributed by atoms with Gasteiger partial charge < -0.3 is 5.73 Å². The lowest BCUT2D eigenvalue weighted by molar-refractivity contribution is 0.794. The number of fused-ring (bicyclic) bond motifs is 1. The third kappa shape index (κ3) is 1.45. The molecule has 0 saturated carbocycles. The summed E-state index contributed by atoms with van der Waals surface area (Å²) in [5.41, 5.74) is 8.29. The Kier molecular flexibility index (Phi) is 2.56. The predicted molar refractivity (Wildman–Crippen MR) is 65.8 cm³/mol. The van der Waals surface area contributed by atoms with Crippen molar-refractivity contribution in [1.82, 2.24) is 9.13 Å². The summed E-state index contributed by atoms with van der Waals surface area (Å²) in [7, 11) is 3.47. The SMILES string of the molecule is CC(N)c1cc2c(cc1Cl)n(C)c(=O)n2C. The summed E-state index contributed by atoms with van der Waals surface area (Å²) in [6, 6.07) is 3.52. The van der Waals surface area contributed by atoms with Crippen LogP contribution in [0.5, 0.6) is 0 Å². The van der Waals surface area contributed by atoms with Crippen molar-refractivity contribution >= 4 is 22.6 Å². The van der Waals surface area contributed by atoms with Crippen molar-refractivity contribution < 1.29 is 0 Å². The zero-order chi connectivity index (χ0) is 12.0. The van der Waals surface area contributed by atoms with Crippen LogP contribution in [0.3, 0.4) is 0 Å². The largest absolute Gasteiger partial charge is 0.328 e. The van der Waals surface area contributed by atoms with Gasteiger partial charge in [0.25, 0.3) is 0 Å². The van der Waals surface area contributed by atoms with Crippen molar-refractivity contribution in [1.29, 1.82) is 0 Å². The second-order valence-corrected chi connectivity index (χ2v) is 4.46. The quantitative estimate of drug-likeness (QED) is 0.821. The van der Waals surface area contributed by atoms with Crippen LogP contribution in [-0.4, -0.2) is 9.13 Å². The van der Waals surface area contributed by atoms with Gasteiger partial charge in [0.05, 0.1) is 11.0 Å². The van der Waals surface area contributed by atoms with Gasteiger partial charge in [-0.15, -0.1) is 0 Å². The molecule has 2 N–H and O–H groups in total. The first kappa shape index (κ1) is 11.2. The Hall–Kier alpha value is -1.26. The van der Waals surface area contributed by atoms with Gasteiger partial charge in [0, 0.05) is 25.2 Å². The van der Waals surface area contributed by atoms with Gasteiger partial charge in [-0.1, -0.05) is 11.6 Å². The molecule has 0 aliphatic heterocycles. The molecule has 0 fully saturated rings. The van der Waals surface area contributed by atoms with Gasteiger partial charge in [-0.05, 0) is 24.6 Å². The van der Waals surface area contributed by atoms with Crippen LogP contribution in [0.4, 0.5) is 0 Å². The molecular weight excluding hydrogens is 226 g/mol. The minimum atomic E-state index is -0.146. The molecule has 1 unspecified atom stereocenters. The fraction of sp³-hybridized carbons (Fsp3) is 0.364. The fourth-order valence-corrected chi connectivity index (χ4v) is 2.21. The molecule has 0 radical (unpaired) electrons. The van der Waals surface area contributed by atoms with E-state index >= 15 is 0 Å². The van der Waals surface area contributed by atoms with E-state index in [4.69, 9.17) is 17.3 Å². The van der Waals surface area contributed by atoms with E-state index in [1.165, 1.54) is 0 Å². The zero-order valence-corrected chi connectivity index (χ0v) is 10.2. The van der Waals surface area contributed by atoms with Crippen molar-refractivity contribution in [3.05, 3.63) is 33.2 Å². The van der Waals surface area contributed by atoms with Crippen molar-refractivity contribution in [2.45, 2.75) is 13.0 Å². The molecular formula is C11H14ClN3O. The smallest absolute Gasteiger partial charge is 0.324 e. The van der Waals surface area contributed by atoms with Crippen molar-refractivity contribution in [2.75, 3.05) is 0 Å². The number of hydrogen-bond acceptors (Lipinski definition) is 2. The van der Waals surface area contributed by atoms with Gasteiger partial charge in [-0.3, -0.25) is 9.13 Å². The van der Waals surface area contributed by atoms with E-state index in [1.807, 2.05) is 13.0 Å². The third-order valence-corrected chi connectivity index (χ3v) is 3.21. The molecule has 0 spiro atoms. The molecule has 86 valence electrons. The van der Waals surface area contributed by atoms with E-state index < -0.39 is 0 Å². The number of imidazole rings is 1. The Bertz CT molecular complexity index is 610. The van der Waals surface area contributed by atoms with E-state index in [0.717, 1.165) is 16.6 Å². The second kappa shape index (κ2) is 3.64. The van der Waals surface area contributed by atoms with Crippen LogP contribution in [-0.2, 0) is 14.1 Å². The summed E-state index contributed by atoms with van der Waals surface area (Å²) in [6.07, 6.45) is 0. The van der Waals surface area contributed by atoms with Gasteiger partial charge in [0.15, 0.2) is 0 Å². The average Bonchev–Trinajstić information content (AvgIpc) is 2.43. The van der Waals surface area contributed by atoms with Gasteiger partial charge >= 0.3 is 5.69 Å². The molecule has 0 amide bonds. The molecule has 1 heterocycles. The van der Waals surface area contributed by atoms with Crippen LogP contribution in [0.1, 0.15) is 18.5 Å². The summed E-state index contributed by atoms with van der Waals surface area (Å²) in [6.45, 7) is 1.87. The summed E-state index contributed by atoms with van der Waals surface area (Å²) in [4.78, 5) is 11.7. The lowest BCUT2D eigenvalue weighted by Gasteiger charge is -2.08. The maximum Gasteiger partial charge on any atom is 0.328 e. The van der Waals surface area contributed by atoms with E-state index in [9.17, 15) is 4.79 Å². The number of aryl methyl sites for hydroxylation is 2. The molecule has 0 aliphatic rings. The topological polar surface area (TPSA) is 52.9 Å². The monoisotopic (exact) mass is 239 g/mol. The highest BCUT2D eigenvalue weighted by Crippen LogP contribution is 2.26. The minimum absolute atomic E-state index is 0.0621. The summed E-state index contributed by atoms with van der Waals surface area (Å²) >= 11 is 6.13. The second-order valence-electron chi connectivity index (χ2n) is 4.05. The molecule has 0 saturated heterocycles. The van der Waals surface area contributed by atoms with Crippen LogP contribution in [0.15, 0.2) is 16.9 Å². The lowest BCUT2D eigenvalue weighted by Crippen LogP contribution is -2.19. The number of aromatic nitrogens is 2. The highest BCUT2D eigenvalue weighted by Gasteiger charge is 2.13. The molecule has 0 aliphatic carbocycles. The molecule has 1 aromatic heterocycles. The van der Waals surface area contributed by atoms with Gasteiger partial charge in [0.1, 0.15) is 0 Å². The van der Waals surface area contributed by atoms with E-state index in [0.29, 0.717) is 5.02 Å². The average molecular weight is 240 g/mol. The van der Waals surface area contributed by atoms with Crippen LogP contribution in [0.25, 0.3) is 11.0 Å². The maximum absolute atomic E-state index is 11.7. The molecule has 1 aromatic carbocycles. The fourth-order valence-electron chi connectivity index (χ4n) is 1.88. The van der Waals surface area contributed by atoms with E-state index in [1.54, 1.807) is 29.3 Å². The molecule has 4 nitrogen and oxygen atoms in total. The van der Waals surface area contributed by atoms with Crippen LogP contribution >= 0.6 is 11.6 Å². The molecule has 16 heavy (non-hydrogen) atoms. The van der Waals surface area contributed by atoms with Crippen molar-refractivity contribution in [3.8, 4) is 0 Å². The van der Waals surface area contributed by atoms with Crippen LogP contribution < -0.4 is 11.4 Å². The highest BCUT2D eigenvalue weighted by molar-refractivity contribution is 6.32. The Labute approximate surface area is 98.2 Å². The summed E-state index contributed by atoms with van der Waals surface area (Å²) < 4.78 is 3.17. The number of benzene rings is 1. The first-order valence-electron chi connectivity index (χ1n) is 5.04. The van der Waals surface area contributed by atoms with Crippen molar-refractivity contribution in [3.63, 3.8) is 0 Å². The molecule has 0 bridgehead atoms. The third-order valence-electron chi connectivity index (χ3n) is 2.88. The van der Waals surface area contributed by atoms with E-state index in [-0.39, 0.29) is 11.7 Å². The van der Waals surface area contributed by atoms with Gasteiger partial charge in [-0.2, -0.15) is 0 Å². The molecule has 1 atom stereocenters. The Balaban J connectivity index is 2.90. The van der Waals surface area contributed by atoms with Crippen LogP contribution in [0, 0.1) is 0 Å². The normalized spacial score (nSPS) is 13.3. The first-order valence-corrected chi connectivity index (χ1v) is 5.41.